The van der Waals surface area contributed by atoms with Crippen LogP contribution in [0.1, 0.15) is 0 Å². The number of carbonyl (C=O) groups excluding carboxylic acids is 1. The fraction of sp³-hybridized carbons (Fsp3) is 0.0909. The van der Waals surface area contributed by atoms with Gasteiger partial charge in [-0.2, -0.15) is 5.10 Å². The van der Waals surface area contributed by atoms with Crippen LogP contribution in [0.4, 0.5) is 11.4 Å². The second-order valence-electron chi connectivity index (χ2n) is 3.83. The van der Waals surface area contributed by atoms with E-state index < -0.39 is 22.3 Å². The third kappa shape index (κ3) is 3.04. The van der Waals surface area contributed by atoms with Crippen molar-refractivity contribution >= 4 is 28.9 Å². The van der Waals surface area contributed by atoms with Crippen molar-refractivity contribution in [2.45, 2.75) is 6.54 Å². The van der Waals surface area contributed by atoms with Gasteiger partial charge >= 0.3 is 5.69 Å². The van der Waals surface area contributed by atoms with E-state index in [1.54, 1.807) is 12.3 Å². The Balaban J connectivity index is 2.20. The smallest absolute Gasteiger partial charge is 0.314 e. The first-order valence-electron chi connectivity index (χ1n) is 5.41. The molecule has 0 saturated carbocycles. The number of hydrogen-bond donors (Lipinski definition) is 2. The van der Waals surface area contributed by atoms with Crippen LogP contribution < -0.4 is 5.32 Å². The average Bonchev–Trinajstić information content (AvgIpc) is 2.85. The highest BCUT2D eigenvalue weighted by molar-refractivity contribution is 6.31. The molecule has 1 heterocycles. The minimum absolute atomic E-state index is 0.0314. The van der Waals surface area contributed by atoms with Gasteiger partial charge in [0, 0.05) is 23.5 Å². The van der Waals surface area contributed by atoms with Gasteiger partial charge in [-0.1, -0.05) is 11.6 Å². The second kappa shape index (κ2) is 5.57. The van der Waals surface area contributed by atoms with E-state index in [9.17, 15) is 20.0 Å². The third-order valence-electron chi connectivity index (χ3n) is 2.39. The molecular formula is C11H9ClN4O4. The molecule has 0 aliphatic rings. The molecule has 0 bridgehead atoms. The first-order chi connectivity index (χ1) is 9.47. The number of anilines is 1. The number of rotatable bonds is 4. The normalized spacial score (nSPS) is 10.2. The summed E-state index contributed by atoms with van der Waals surface area (Å²) in [6, 6.07) is 3.87. The molecule has 1 aromatic carbocycles. The summed E-state index contributed by atoms with van der Waals surface area (Å²) in [5.74, 6) is -1.14. The lowest BCUT2D eigenvalue weighted by atomic mass is 10.2. The molecule has 2 N–H and O–H groups in total. The van der Waals surface area contributed by atoms with Gasteiger partial charge in [0.15, 0.2) is 0 Å². The Bertz CT molecular complexity index is 657. The second-order valence-corrected chi connectivity index (χ2v) is 4.27. The molecule has 1 aromatic heterocycles. The number of nitrogens with zero attached hydrogens (tertiary/aromatic N) is 3. The molecule has 0 spiro atoms. The highest BCUT2D eigenvalue weighted by Gasteiger charge is 2.20. The van der Waals surface area contributed by atoms with E-state index >= 15 is 0 Å². The molecule has 2 rings (SSSR count). The minimum atomic E-state index is -0.787. The predicted octanol–water partition coefficient (Wildman–Crippen LogP) is 1.79. The topological polar surface area (TPSA) is 110 Å². The molecule has 8 nitrogen and oxygen atoms in total. The van der Waals surface area contributed by atoms with E-state index in [0.29, 0.717) is 0 Å². The molecule has 2 aromatic rings. The van der Waals surface area contributed by atoms with Gasteiger partial charge in [-0.15, -0.1) is 0 Å². The van der Waals surface area contributed by atoms with Gasteiger partial charge < -0.3 is 10.4 Å². The number of halogens is 1. The van der Waals surface area contributed by atoms with Crippen LogP contribution in [-0.2, 0) is 11.3 Å². The number of aromatic hydroxyl groups is 1. The van der Waals surface area contributed by atoms with Gasteiger partial charge in [0.2, 0.25) is 11.7 Å². The molecule has 0 unspecified atom stereocenters. The number of nitrogens with one attached hydrogen (secondary N) is 1. The van der Waals surface area contributed by atoms with Crippen LogP contribution in [0.25, 0.3) is 0 Å². The summed E-state index contributed by atoms with van der Waals surface area (Å²) in [4.78, 5) is 21.7. The van der Waals surface area contributed by atoms with Crippen LogP contribution in [0, 0.1) is 10.1 Å². The Morgan fingerprint density at radius 2 is 2.30 bits per heavy atom. The number of aromatic nitrogens is 2. The van der Waals surface area contributed by atoms with Crippen molar-refractivity contribution in [3.63, 3.8) is 0 Å². The van der Waals surface area contributed by atoms with E-state index in [4.69, 9.17) is 11.6 Å². The van der Waals surface area contributed by atoms with Gasteiger partial charge in [0.05, 0.1) is 10.6 Å². The van der Waals surface area contributed by atoms with Crippen molar-refractivity contribution in [2.75, 3.05) is 5.32 Å². The summed E-state index contributed by atoms with van der Waals surface area (Å²) in [6.07, 6.45) is 3.09. The van der Waals surface area contributed by atoms with E-state index in [2.05, 4.69) is 10.4 Å². The largest absolute Gasteiger partial charge is 0.501 e. The summed E-state index contributed by atoms with van der Waals surface area (Å²) < 4.78 is 1.37. The Labute approximate surface area is 117 Å². The van der Waals surface area contributed by atoms with Gasteiger partial charge in [-0.25, -0.2) is 0 Å². The fourth-order valence-corrected chi connectivity index (χ4v) is 1.76. The van der Waals surface area contributed by atoms with E-state index in [-0.39, 0.29) is 17.3 Å². The lowest BCUT2D eigenvalue weighted by Crippen LogP contribution is -2.19. The van der Waals surface area contributed by atoms with Crippen LogP contribution in [0.15, 0.2) is 30.6 Å². The third-order valence-corrected chi connectivity index (χ3v) is 2.61. The van der Waals surface area contributed by atoms with Crippen molar-refractivity contribution in [3.05, 3.63) is 45.7 Å². The number of phenols is 1. The molecule has 104 valence electrons. The van der Waals surface area contributed by atoms with Crippen LogP contribution in [0.3, 0.4) is 0 Å². The molecule has 0 aliphatic carbocycles. The number of carbonyl (C=O) groups is 1. The van der Waals surface area contributed by atoms with Gasteiger partial charge in [-0.05, 0) is 12.1 Å². The van der Waals surface area contributed by atoms with Crippen LogP contribution in [-0.4, -0.2) is 25.7 Å². The lowest BCUT2D eigenvalue weighted by molar-refractivity contribution is -0.385. The number of nitro benzene ring substituents is 1. The lowest BCUT2D eigenvalue weighted by Gasteiger charge is -2.08. The van der Waals surface area contributed by atoms with Crippen molar-refractivity contribution in [3.8, 4) is 5.75 Å². The summed E-state index contributed by atoms with van der Waals surface area (Å²) in [5.41, 5.74) is -0.701. The highest BCUT2D eigenvalue weighted by Crippen LogP contribution is 2.36. The highest BCUT2D eigenvalue weighted by atomic mass is 35.5. The first kappa shape index (κ1) is 13.8. The summed E-state index contributed by atoms with van der Waals surface area (Å²) in [5, 5.41) is 26.7. The van der Waals surface area contributed by atoms with Crippen molar-refractivity contribution in [1.82, 2.24) is 9.78 Å². The molecule has 0 atom stereocenters. The zero-order valence-electron chi connectivity index (χ0n) is 9.99. The van der Waals surface area contributed by atoms with E-state index in [1.165, 1.54) is 16.9 Å². The monoisotopic (exact) mass is 296 g/mol. The quantitative estimate of drug-likeness (QED) is 0.507. The fourth-order valence-electron chi connectivity index (χ4n) is 1.55. The van der Waals surface area contributed by atoms with Crippen LogP contribution >= 0.6 is 11.6 Å². The minimum Gasteiger partial charge on any atom is -0.501 e. The van der Waals surface area contributed by atoms with Crippen molar-refractivity contribution in [1.29, 1.82) is 0 Å². The summed E-state index contributed by atoms with van der Waals surface area (Å²) in [6.45, 7) is -0.0905. The number of benzene rings is 1. The zero-order chi connectivity index (χ0) is 14.7. The van der Waals surface area contributed by atoms with Gasteiger partial charge in [0.25, 0.3) is 0 Å². The Morgan fingerprint density at radius 1 is 1.55 bits per heavy atom. The number of nitro groups is 1. The van der Waals surface area contributed by atoms with Gasteiger partial charge in [0.1, 0.15) is 6.54 Å². The molecule has 9 heteroatoms. The maximum absolute atomic E-state index is 11.7. The average molecular weight is 297 g/mol. The summed E-state index contributed by atoms with van der Waals surface area (Å²) in [7, 11) is 0. The van der Waals surface area contributed by atoms with Crippen molar-refractivity contribution < 1.29 is 14.8 Å². The van der Waals surface area contributed by atoms with E-state index in [1.807, 2.05) is 0 Å². The maximum Gasteiger partial charge on any atom is 0.314 e. The summed E-state index contributed by atoms with van der Waals surface area (Å²) >= 11 is 5.71. The van der Waals surface area contributed by atoms with Crippen molar-refractivity contribution in [2.24, 2.45) is 0 Å². The molecule has 0 aliphatic heterocycles. The zero-order valence-corrected chi connectivity index (χ0v) is 10.7. The number of amides is 1. The SMILES string of the molecule is O=C(Cn1cccn1)Nc1cc(Cl)cc([N+](=O)[O-])c1O. The van der Waals surface area contributed by atoms with E-state index in [0.717, 1.165) is 6.07 Å². The number of hydrogen-bond acceptors (Lipinski definition) is 5. The molecular weight excluding hydrogens is 288 g/mol. The molecule has 0 saturated heterocycles. The number of phenolic OH excluding ortho intramolecular Hbond substituents is 1. The molecule has 0 radical (unpaired) electrons. The molecule has 20 heavy (non-hydrogen) atoms. The Morgan fingerprint density at radius 3 is 2.90 bits per heavy atom. The maximum atomic E-state index is 11.7. The predicted molar refractivity (Wildman–Crippen MR) is 70.6 cm³/mol. The standard InChI is InChI=1S/C11H9ClN4O4/c12-7-4-8(11(18)9(5-7)16(19)20)14-10(17)6-15-3-1-2-13-15/h1-5,18H,6H2,(H,14,17). The Kier molecular flexibility index (Phi) is 3.85. The Hall–Kier alpha value is -2.61. The van der Waals surface area contributed by atoms with Crippen LogP contribution in [0.5, 0.6) is 5.75 Å². The molecule has 1 amide bonds. The van der Waals surface area contributed by atoms with Crippen LogP contribution in [0.2, 0.25) is 5.02 Å². The van der Waals surface area contributed by atoms with Gasteiger partial charge in [-0.3, -0.25) is 19.6 Å². The first-order valence-corrected chi connectivity index (χ1v) is 5.79. The molecule has 0 fully saturated rings.